The van der Waals surface area contributed by atoms with Crippen LogP contribution in [0.4, 0.5) is 0 Å². The number of hydrogen-bond donors (Lipinski definition) is 2. The summed E-state index contributed by atoms with van der Waals surface area (Å²) in [5.41, 5.74) is 0.271. The lowest BCUT2D eigenvalue weighted by Crippen LogP contribution is -2.40. The summed E-state index contributed by atoms with van der Waals surface area (Å²) in [5, 5.41) is 21.1. The zero-order valence-corrected chi connectivity index (χ0v) is 13.1. The number of nitrogens with one attached hydrogen (secondary N) is 1. The predicted octanol–water partition coefficient (Wildman–Crippen LogP) is 1.62. The molecular formula is C17H22N4O2. The molecule has 6 nitrogen and oxygen atoms in total. The monoisotopic (exact) mass is 314 g/mol. The molecule has 0 aliphatic heterocycles. The molecule has 2 N–H and O–H groups in total. The summed E-state index contributed by atoms with van der Waals surface area (Å²) in [7, 11) is 0. The molecule has 1 aliphatic carbocycles. The second kappa shape index (κ2) is 6.91. The fourth-order valence-corrected chi connectivity index (χ4v) is 3.02. The van der Waals surface area contributed by atoms with E-state index in [0.29, 0.717) is 19.4 Å². The number of para-hydroxylation sites is 1. The van der Waals surface area contributed by atoms with E-state index in [2.05, 4.69) is 15.5 Å². The molecular weight excluding hydrogens is 292 g/mol. The largest absolute Gasteiger partial charge is 0.388 e. The minimum absolute atomic E-state index is 0.0621. The summed E-state index contributed by atoms with van der Waals surface area (Å²) in [4.78, 5) is 12.0. The molecule has 3 rings (SSSR count). The number of carbonyl (C=O) groups is 1. The van der Waals surface area contributed by atoms with Crippen LogP contribution in [0.1, 0.15) is 37.9 Å². The summed E-state index contributed by atoms with van der Waals surface area (Å²) in [6.45, 7) is 0.344. The molecule has 1 heterocycles. The standard InChI is InChI=1S/C17H22N4O2/c22-16(18-12-17(23)10-4-5-11-17)9-8-15-20-19-13-21(15)14-6-2-1-3-7-14/h1-3,6-7,13,23H,4-5,8-12H2,(H,18,22). The third kappa shape index (κ3) is 3.96. The number of hydrogen-bond acceptors (Lipinski definition) is 4. The van der Waals surface area contributed by atoms with E-state index in [1.807, 2.05) is 34.9 Å². The molecule has 122 valence electrons. The highest BCUT2D eigenvalue weighted by Gasteiger charge is 2.31. The Morgan fingerprint density at radius 1 is 1.26 bits per heavy atom. The van der Waals surface area contributed by atoms with E-state index in [-0.39, 0.29) is 5.91 Å². The van der Waals surface area contributed by atoms with Crippen molar-refractivity contribution in [3.05, 3.63) is 42.5 Å². The number of amides is 1. The number of aromatic nitrogens is 3. The molecule has 0 spiro atoms. The smallest absolute Gasteiger partial charge is 0.220 e. The predicted molar refractivity (Wildman–Crippen MR) is 86.1 cm³/mol. The van der Waals surface area contributed by atoms with E-state index in [1.165, 1.54) is 0 Å². The van der Waals surface area contributed by atoms with E-state index < -0.39 is 5.60 Å². The van der Waals surface area contributed by atoms with Crippen LogP contribution in [-0.2, 0) is 11.2 Å². The zero-order valence-electron chi connectivity index (χ0n) is 13.1. The number of benzene rings is 1. The van der Waals surface area contributed by atoms with Crippen LogP contribution in [0.25, 0.3) is 5.69 Å². The summed E-state index contributed by atoms with van der Waals surface area (Å²) in [5.74, 6) is 0.693. The van der Waals surface area contributed by atoms with Gasteiger partial charge in [-0.2, -0.15) is 0 Å². The lowest BCUT2D eigenvalue weighted by atomic mass is 10.0. The number of aliphatic hydroxyl groups is 1. The molecule has 0 atom stereocenters. The van der Waals surface area contributed by atoms with E-state index in [1.54, 1.807) is 6.33 Å². The highest BCUT2D eigenvalue weighted by atomic mass is 16.3. The molecule has 1 saturated carbocycles. The maximum Gasteiger partial charge on any atom is 0.220 e. The first-order valence-electron chi connectivity index (χ1n) is 8.10. The molecule has 2 aromatic rings. The summed E-state index contributed by atoms with van der Waals surface area (Å²) in [6.07, 6.45) is 6.12. The van der Waals surface area contributed by atoms with Gasteiger partial charge in [-0.1, -0.05) is 31.0 Å². The molecule has 0 saturated heterocycles. The van der Waals surface area contributed by atoms with Gasteiger partial charge in [0.05, 0.1) is 5.60 Å². The maximum atomic E-state index is 12.0. The Morgan fingerprint density at radius 2 is 2.00 bits per heavy atom. The van der Waals surface area contributed by atoms with Crippen LogP contribution in [0, 0.1) is 0 Å². The highest BCUT2D eigenvalue weighted by Crippen LogP contribution is 2.28. The average molecular weight is 314 g/mol. The van der Waals surface area contributed by atoms with Gasteiger partial charge in [-0.3, -0.25) is 9.36 Å². The van der Waals surface area contributed by atoms with Crippen LogP contribution in [0.3, 0.4) is 0 Å². The Labute approximate surface area is 135 Å². The average Bonchev–Trinajstić information content (AvgIpc) is 3.21. The van der Waals surface area contributed by atoms with Crippen molar-refractivity contribution in [3.63, 3.8) is 0 Å². The third-order valence-electron chi connectivity index (χ3n) is 4.38. The Bertz CT molecular complexity index is 648. The Kier molecular flexibility index (Phi) is 4.71. The van der Waals surface area contributed by atoms with Crippen molar-refractivity contribution in [1.29, 1.82) is 0 Å². The normalized spacial score (nSPS) is 16.4. The van der Waals surface area contributed by atoms with Gasteiger partial charge >= 0.3 is 0 Å². The number of aryl methyl sites for hydroxylation is 1. The molecule has 1 aromatic carbocycles. The van der Waals surface area contributed by atoms with Crippen molar-refractivity contribution < 1.29 is 9.90 Å². The lowest BCUT2D eigenvalue weighted by Gasteiger charge is -2.22. The van der Waals surface area contributed by atoms with Crippen molar-refractivity contribution in [2.45, 2.75) is 44.1 Å². The van der Waals surface area contributed by atoms with E-state index in [9.17, 15) is 9.90 Å². The zero-order chi connectivity index (χ0) is 16.1. The van der Waals surface area contributed by atoms with Gasteiger partial charge in [-0.15, -0.1) is 10.2 Å². The van der Waals surface area contributed by atoms with Gasteiger partial charge in [0.25, 0.3) is 0 Å². The third-order valence-corrected chi connectivity index (χ3v) is 4.38. The first kappa shape index (κ1) is 15.7. The fourth-order valence-electron chi connectivity index (χ4n) is 3.02. The number of carbonyl (C=O) groups excluding carboxylic acids is 1. The van der Waals surface area contributed by atoms with Gasteiger partial charge in [0.15, 0.2) is 0 Å². The van der Waals surface area contributed by atoms with Crippen LogP contribution < -0.4 is 5.32 Å². The molecule has 1 fully saturated rings. The summed E-state index contributed by atoms with van der Waals surface area (Å²) < 4.78 is 1.89. The lowest BCUT2D eigenvalue weighted by molar-refractivity contribution is -0.122. The van der Waals surface area contributed by atoms with Crippen LogP contribution in [-0.4, -0.2) is 37.9 Å². The molecule has 1 amide bonds. The fraction of sp³-hybridized carbons (Fsp3) is 0.471. The quantitative estimate of drug-likeness (QED) is 0.849. The minimum atomic E-state index is -0.709. The van der Waals surface area contributed by atoms with Crippen molar-refractivity contribution in [3.8, 4) is 5.69 Å². The second-order valence-electron chi connectivity index (χ2n) is 6.16. The number of nitrogens with zero attached hydrogens (tertiary/aromatic N) is 3. The van der Waals surface area contributed by atoms with Crippen molar-refractivity contribution >= 4 is 5.91 Å². The van der Waals surface area contributed by atoms with E-state index in [0.717, 1.165) is 37.2 Å². The van der Waals surface area contributed by atoms with Gasteiger partial charge in [0, 0.05) is 25.1 Å². The van der Waals surface area contributed by atoms with Gasteiger partial charge in [0.1, 0.15) is 12.2 Å². The molecule has 0 unspecified atom stereocenters. The maximum absolute atomic E-state index is 12.0. The molecule has 0 radical (unpaired) electrons. The van der Waals surface area contributed by atoms with Crippen molar-refractivity contribution in [2.24, 2.45) is 0 Å². The van der Waals surface area contributed by atoms with E-state index in [4.69, 9.17) is 0 Å². The van der Waals surface area contributed by atoms with Crippen LogP contribution in [0.5, 0.6) is 0 Å². The van der Waals surface area contributed by atoms with Gasteiger partial charge < -0.3 is 10.4 Å². The molecule has 1 aromatic heterocycles. The van der Waals surface area contributed by atoms with Gasteiger partial charge in [-0.25, -0.2) is 0 Å². The minimum Gasteiger partial charge on any atom is -0.388 e. The highest BCUT2D eigenvalue weighted by molar-refractivity contribution is 5.76. The molecule has 6 heteroatoms. The summed E-state index contributed by atoms with van der Waals surface area (Å²) >= 11 is 0. The van der Waals surface area contributed by atoms with Gasteiger partial charge in [-0.05, 0) is 25.0 Å². The van der Waals surface area contributed by atoms with Crippen LogP contribution in [0.2, 0.25) is 0 Å². The Morgan fingerprint density at radius 3 is 2.74 bits per heavy atom. The first-order valence-corrected chi connectivity index (χ1v) is 8.10. The van der Waals surface area contributed by atoms with Gasteiger partial charge in [0.2, 0.25) is 5.91 Å². The van der Waals surface area contributed by atoms with Crippen LogP contribution in [0.15, 0.2) is 36.7 Å². The van der Waals surface area contributed by atoms with Crippen molar-refractivity contribution in [1.82, 2.24) is 20.1 Å². The SMILES string of the molecule is O=C(CCc1nncn1-c1ccccc1)NCC1(O)CCCC1. The van der Waals surface area contributed by atoms with Crippen LogP contribution >= 0.6 is 0 Å². The Hall–Kier alpha value is -2.21. The summed E-state index contributed by atoms with van der Waals surface area (Å²) in [6, 6.07) is 9.81. The number of rotatable bonds is 6. The first-order chi connectivity index (χ1) is 11.2. The Balaban J connectivity index is 1.53. The molecule has 0 bridgehead atoms. The topological polar surface area (TPSA) is 80.0 Å². The second-order valence-corrected chi connectivity index (χ2v) is 6.16. The van der Waals surface area contributed by atoms with Crippen molar-refractivity contribution in [2.75, 3.05) is 6.54 Å². The molecule has 23 heavy (non-hydrogen) atoms. The molecule has 1 aliphatic rings. The van der Waals surface area contributed by atoms with E-state index >= 15 is 0 Å².